The van der Waals surface area contributed by atoms with Gasteiger partial charge in [0.25, 0.3) is 0 Å². The zero-order valence-electron chi connectivity index (χ0n) is 14.7. The van der Waals surface area contributed by atoms with Gasteiger partial charge in [0.1, 0.15) is 0 Å². The average Bonchev–Trinajstić information content (AvgIpc) is 2.72. The van der Waals surface area contributed by atoms with Gasteiger partial charge in [-0.15, -0.1) is 0 Å². The molecular weight excluding hydrogens is 328 g/mol. The number of carbonyl (C=O) groups excluding carboxylic acids is 2. The van der Waals surface area contributed by atoms with E-state index in [9.17, 15) is 9.59 Å². The second-order valence-electron chi connectivity index (χ2n) is 6.71. The summed E-state index contributed by atoms with van der Waals surface area (Å²) >= 11 is 0. The van der Waals surface area contributed by atoms with Crippen LogP contribution in [0.15, 0.2) is 49.1 Å². The zero-order chi connectivity index (χ0) is 18.2. The van der Waals surface area contributed by atoms with Crippen LogP contribution >= 0.6 is 0 Å². The fraction of sp³-hybridized carbons (Fsp3) is 0.400. The van der Waals surface area contributed by atoms with E-state index in [1.54, 1.807) is 24.8 Å². The van der Waals surface area contributed by atoms with E-state index in [1.807, 2.05) is 24.3 Å². The van der Waals surface area contributed by atoms with Crippen molar-refractivity contribution in [2.45, 2.75) is 38.8 Å². The summed E-state index contributed by atoms with van der Waals surface area (Å²) in [4.78, 5) is 32.8. The van der Waals surface area contributed by atoms with Crippen molar-refractivity contribution in [3.8, 4) is 0 Å². The molecule has 0 bridgehead atoms. The molecular formula is C20H24N4O2. The van der Waals surface area contributed by atoms with Crippen LogP contribution in [0, 0.1) is 11.8 Å². The molecule has 2 atom stereocenters. The van der Waals surface area contributed by atoms with Gasteiger partial charge in [0.15, 0.2) is 0 Å². The van der Waals surface area contributed by atoms with Crippen LogP contribution in [0.3, 0.4) is 0 Å². The molecule has 1 aliphatic carbocycles. The van der Waals surface area contributed by atoms with E-state index in [1.165, 1.54) is 0 Å². The molecule has 3 rings (SSSR count). The van der Waals surface area contributed by atoms with Gasteiger partial charge >= 0.3 is 0 Å². The van der Waals surface area contributed by atoms with Crippen LogP contribution in [0.1, 0.15) is 36.8 Å². The van der Waals surface area contributed by atoms with Crippen LogP contribution in [0.2, 0.25) is 0 Å². The molecule has 26 heavy (non-hydrogen) atoms. The lowest BCUT2D eigenvalue weighted by Gasteiger charge is -2.27. The van der Waals surface area contributed by atoms with Crippen LogP contribution in [-0.4, -0.2) is 21.8 Å². The van der Waals surface area contributed by atoms with Crippen molar-refractivity contribution in [1.82, 2.24) is 20.6 Å². The Labute approximate surface area is 153 Å². The normalized spacial score (nSPS) is 19.5. The maximum absolute atomic E-state index is 12.5. The predicted molar refractivity (Wildman–Crippen MR) is 97.6 cm³/mol. The Morgan fingerprint density at radius 3 is 1.65 bits per heavy atom. The van der Waals surface area contributed by atoms with Crippen LogP contribution in [0.5, 0.6) is 0 Å². The molecule has 2 heterocycles. The molecule has 136 valence electrons. The smallest absolute Gasteiger partial charge is 0.223 e. The topological polar surface area (TPSA) is 84.0 Å². The molecule has 0 saturated heterocycles. The lowest BCUT2D eigenvalue weighted by molar-refractivity contribution is -0.130. The summed E-state index contributed by atoms with van der Waals surface area (Å²) in [5.74, 6) is -0.119. The Balaban J connectivity index is 1.47. The van der Waals surface area contributed by atoms with Gasteiger partial charge in [-0.1, -0.05) is 6.42 Å². The number of amides is 2. The Kier molecular flexibility index (Phi) is 6.30. The number of pyridine rings is 2. The number of hydrogen-bond acceptors (Lipinski definition) is 4. The van der Waals surface area contributed by atoms with Crippen molar-refractivity contribution in [2.24, 2.45) is 11.8 Å². The molecule has 2 amide bonds. The van der Waals surface area contributed by atoms with Crippen molar-refractivity contribution < 1.29 is 9.59 Å². The number of nitrogens with zero attached hydrogens (tertiary/aromatic N) is 2. The quantitative estimate of drug-likeness (QED) is 0.835. The molecule has 1 aliphatic rings. The van der Waals surface area contributed by atoms with Crippen LogP contribution in [0.4, 0.5) is 0 Å². The third-order valence-corrected chi connectivity index (χ3v) is 4.85. The molecule has 0 unspecified atom stereocenters. The second kappa shape index (κ2) is 9.08. The van der Waals surface area contributed by atoms with Gasteiger partial charge in [-0.05, 0) is 54.7 Å². The van der Waals surface area contributed by atoms with E-state index in [2.05, 4.69) is 20.6 Å². The summed E-state index contributed by atoms with van der Waals surface area (Å²) < 4.78 is 0. The molecule has 2 aromatic heterocycles. The van der Waals surface area contributed by atoms with Gasteiger partial charge in [-0.3, -0.25) is 19.6 Å². The fourth-order valence-electron chi connectivity index (χ4n) is 3.33. The Hall–Kier alpha value is -2.76. The maximum atomic E-state index is 12.5. The standard InChI is InChI=1S/C20H24N4O2/c25-19(23-13-15-4-8-21-9-5-15)17-2-1-3-18(12-17)20(26)24-14-16-6-10-22-11-7-16/h4-11,17-18H,1-3,12-14H2,(H,23,25)(H,24,26)/t17-,18-/m1/s1. The van der Waals surface area contributed by atoms with E-state index in [0.29, 0.717) is 19.5 Å². The molecule has 0 aromatic carbocycles. The van der Waals surface area contributed by atoms with Gasteiger partial charge in [-0.2, -0.15) is 0 Å². The molecule has 0 aliphatic heterocycles. The minimum absolute atomic E-state index is 0.0356. The van der Waals surface area contributed by atoms with Crippen molar-refractivity contribution >= 4 is 11.8 Å². The van der Waals surface area contributed by atoms with Gasteiger partial charge < -0.3 is 10.6 Å². The highest BCUT2D eigenvalue weighted by Gasteiger charge is 2.30. The molecule has 1 saturated carbocycles. The maximum Gasteiger partial charge on any atom is 0.223 e. The predicted octanol–water partition coefficient (Wildman–Crippen LogP) is 2.22. The van der Waals surface area contributed by atoms with Crippen molar-refractivity contribution in [3.05, 3.63) is 60.2 Å². The zero-order valence-corrected chi connectivity index (χ0v) is 14.7. The molecule has 2 aromatic rings. The van der Waals surface area contributed by atoms with Gasteiger partial charge in [0.05, 0.1) is 0 Å². The third kappa shape index (κ3) is 5.12. The lowest BCUT2D eigenvalue weighted by Crippen LogP contribution is -2.38. The van der Waals surface area contributed by atoms with Crippen LogP contribution in [-0.2, 0) is 22.7 Å². The van der Waals surface area contributed by atoms with Crippen molar-refractivity contribution in [3.63, 3.8) is 0 Å². The lowest BCUT2D eigenvalue weighted by atomic mass is 9.80. The number of nitrogens with one attached hydrogen (secondary N) is 2. The third-order valence-electron chi connectivity index (χ3n) is 4.85. The van der Waals surface area contributed by atoms with Crippen LogP contribution in [0.25, 0.3) is 0 Å². The van der Waals surface area contributed by atoms with Crippen LogP contribution < -0.4 is 10.6 Å². The number of rotatable bonds is 6. The van der Waals surface area contributed by atoms with E-state index in [4.69, 9.17) is 0 Å². The highest BCUT2D eigenvalue weighted by Crippen LogP contribution is 2.29. The molecule has 0 radical (unpaired) electrons. The summed E-state index contributed by atoms with van der Waals surface area (Å²) in [5.41, 5.74) is 2.05. The van der Waals surface area contributed by atoms with Gasteiger partial charge in [-0.25, -0.2) is 0 Å². The second-order valence-corrected chi connectivity index (χ2v) is 6.71. The van der Waals surface area contributed by atoms with Gasteiger partial charge in [0.2, 0.25) is 11.8 Å². The molecule has 1 fully saturated rings. The van der Waals surface area contributed by atoms with E-state index in [0.717, 1.165) is 30.4 Å². The Morgan fingerprint density at radius 2 is 1.23 bits per heavy atom. The first-order valence-corrected chi connectivity index (χ1v) is 9.05. The summed E-state index contributed by atoms with van der Waals surface area (Å²) in [6.45, 7) is 0.994. The molecule has 2 N–H and O–H groups in total. The highest BCUT2D eigenvalue weighted by atomic mass is 16.2. The fourth-order valence-corrected chi connectivity index (χ4v) is 3.33. The minimum Gasteiger partial charge on any atom is -0.352 e. The molecule has 0 spiro atoms. The first-order chi connectivity index (χ1) is 12.7. The summed E-state index contributed by atoms with van der Waals surface area (Å²) in [6, 6.07) is 7.54. The molecule has 6 heteroatoms. The first kappa shape index (κ1) is 18.0. The van der Waals surface area contributed by atoms with Gasteiger partial charge in [0, 0.05) is 49.7 Å². The average molecular weight is 352 g/mol. The summed E-state index contributed by atoms with van der Waals surface area (Å²) in [5, 5.41) is 5.96. The first-order valence-electron chi connectivity index (χ1n) is 9.05. The Morgan fingerprint density at radius 1 is 0.808 bits per heavy atom. The van der Waals surface area contributed by atoms with Crippen molar-refractivity contribution in [1.29, 1.82) is 0 Å². The van der Waals surface area contributed by atoms with E-state index >= 15 is 0 Å². The monoisotopic (exact) mass is 352 g/mol. The largest absolute Gasteiger partial charge is 0.352 e. The highest BCUT2D eigenvalue weighted by molar-refractivity contribution is 5.82. The van der Waals surface area contributed by atoms with E-state index in [-0.39, 0.29) is 23.7 Å². The number of aromatic nitrogens is 2. The number of carbonyl (C=O) groups is 2. The summed E-state index contributed by atoms with van der Waals surface area (Å²) in [6.07, 6.45) is 10.1. The SMILES string of the molecule is O=C(NCc1ccncc1)[C@@H]1CCC[C@@H](C(=O)NCc2ccncc2)C1. The minimum atomic E-state index is -0.0951. The summed E-state index contributed by atoms with van der Waals surface area (Å²) in [7, 11) is 0. The molecule has 6 nitrogen and oxygen atoms in total. The van der Waals surface area contributed by atoms with E-state index < -0.39 is 0 Å². The Bertz CT molecular complexity index is 660. The number of hydrogen-bond donors (Lipinski definition) is 2. The van der Waals surface area contributed by atoms with Crippen molar-refractivity contribution in [2.75, 3.05) is 0 Å².